The third-order valence-corrected chi connectivity index (χ3v) is 4.93. The van der Waals surface area contributed by atoms with Crippen molar-refractivity contribution >= 4 is 11.6 Å². The van der Waals surface area contributed by atoms with Gasteiger partial charge in [-0.2, -0.15) is 0 Å². The number of methoxy groups -OCH3 is 1. The summed E-state index contributed by atoms with van der Waals surface area (Å²) >= 11 is 6.27. The first-order chi connectivity index (χ1) is 11.5. The van der Waals surface area contributed by atoms with Crippen molar-refractivity contribution < 1.29 is 4.74 Å². The van der Waals surface area contributed by atoms with E-state index >= 15 is 0 Å². The van der Waals surface area contributed by atoms with E-state index in [9.17, 15) is 0 Å². The van der Waals surface area contributed by atoms with Gasteiger partial charge in [0.05, 0.1) is 7.11 Å². The molecule has 0 N–H and O–H groups in total. The number of hydrogen-bond acceptors (Lipinski definition) is 2. The van der Waals surface area contributed by atoms with Gasteiger partial charge >= 0.3 is 0 Å². The lowest BCUT2D eigenvalue weighted by Crippen LogP contribution is -2.34. The summed E-state index contributed by atoms with van der Waals surface area (Å²) in [6.45, 7) is 7.82. The number of rotatable bonds is 8. The molecule has 0 bridgehead atoms. The van der Waals surface area contributed by atoms with Gasteiger partial charge in [0.15, 0.2) is 0 Å². The van der Waals surface area contributed by atoms with E-state index in [0.29, 0.717) is 12.1 Å². The van der Waals surface area contributed by atoms with Gasteiger partial charge in [-0.15, -0.1) is 0 Å². The monoisotopic (exact) mass is 345 g/mol. The Labute approximate surface area is 151 Å². The van der Waals surface area contributed by atoms with Gasteiger partial charge in [-0.1, -0.05) is 41.9 Å². The fourth-order valence-electron chi connectivity index (χ4n) is 3.15. The van der Waals surface area contributed by atoms with Gasteiger partial charge in [0.1, 0.15) is 5.75 Å². The highest BCUT2D eigenvalue weighted by atomic mass is 35.5. The molecular weight excluding hydrogens is 318 g/mol. The van der Waals surface area contributed by atoms with Crippen molar-refractivity contribution in [3.05, 3.63) is 64.7 Å². The van der Waals surface area contributed by atoms with Gasteiger partial charge in [0.2, 0.25) is 0 Å². The Kier molecular flexibility index (Phi) is 7.14. The minimum atomic E-state index is 0.353. The predicted molar refractivity (Wildman–Crippen MR) is 103 cm³/mol. The summed E-state index contributed by atoms with van der Waals surface area (Å²) in [7, 11) is 1.72. The van der Waals surface area contributed by atoms with Crippen LogP contribution in [0.2, 0.25) is 5.02 Å². The SMILES string of the molecule is COc1cccc(C(C)N(CCCc2ccccc2Cl)C(C)C)c1. The van der Waals surface area contributed by atoms with Crippen molar-refractivity contribution in [2.24, 2.45) is 0 Å². The predicted octanol–water partition coefficient (Wildman–Crippen LogP) is 5.75. The Morgan fingerprint density at radius 3 is 2.46 bits per heavy atom. The van der Waals surface area contributed by atoms with Gasteiger partial charge in [-0.3, -0.25) is 4.90 Å². The summed E-state index contributed by atoms with van der Waals surface area (Å²) in [5, 5.41) is 0.870. The van der Waals surface area contributed by atoms with Crippen molar-refractivity contribution in [2.45, 2.75) is 45.7 Å². The van der Waals surface area contributed by atoms with Crippen molar-refractivity contribution in [2.75, 3.05) is 13.7 Å². The molecule has 0 aliphatic heterocycles. The largest absolute Gasteiger partial charge is 0.497 e. The van der Waals surface area contributed by atoms with Crippen LogP contribution < -0.4 is 4.74 Å². The van der Waals surface area contributed by atoms with Crippen molar-refractivity contribution in [1.82, 2.24) is 4.90 Å². The molecule has 0 spiro atoms. The molecule has 0 radical (unpaired) electrons. The molecular formula is C21H28ClNO. The Morgan fingerprint density at radius 1 is 1.04 bits per heavy atom. The Bertz CT molecular complexity index is 641. The van der Waals surface area contributed by atoms with Crippen LogP contribution >= 0.6 is 11.6 Å². The number of hydrogen-bond donors (Lipinski definition) is 0. The van der Waals surface area contributed by atoms with Crippen LogP contribution in [0.25, 0.3) is 0 Å². The van der Waals surface area contributed by atoms with Gasteiger partial charge in [0.25, 0.3) is 0 Å². The normalized spacial score (nSPS) is 12.6. The molecule has 0 aromatic heterocycles. The Hall–Kier alpha value is -1.51. The van der Waals surface area contributed by atoms with Crippen LogP contribution in [0.3, 0.4) is 0 Å². The number of benzene rings is 2. The number of nitrogens with zero attached hydrogens (tertiary/aromatic N) is 1. The van der Waals surface area contributed by atoms with Crippen LogP contribution in [-0.4, -0.2) is 24.6 Å². The van der Waals surface area contributed by atoms with E-state index in [1.165, 1.54) is 11.1 Å². The van der Waals surface area contributed by atoms with Crippen molar-refractivity contribution in [1.29, 1.82) is 0 Å². The van der Waals surface area contributed by atoms with Crippen LogP contribution in [0.5, 0.6) is 5.75 Å². The molecule has 0 aliphatic rings. The summed E-state index contributed by atoms with van der Waals surface area (Å²) in [4.78, 5) is 2.53. The Morgan fingerprint density at radius 2 is 1.79 bits per heavy atom. The van der Waals surface area contributed by atoms with Crippen LogP contribution in [0, 0.1) is 0 Å². The number of aryl methyl sites for hydroxylation is 1. The van der Waals surface area contributed by atoms with Crippen LogP contribution in [0.4, 0.5) is 0 Å². The first kappa shape index (κ1) is 18.8. The molecule has 24 heavy (non-hydrogen) atoms. The van der Waals surface area contributed by atoms with E-state index in [1.807, 2.05) is 18.2 Å². The van der Waals surface area contributed by atoms with Gasteiger partial charge in [0, 0.05) is 17.1 Å². The zero-order chi connectivity index (χ0) is 17.5. The molecule has 2 aromatic rings. The summed E-state index contributed by atoms with van der Waals surface area (Å²) in [6, 6.07) is 17.3. The minimum absolute atomic E-state index is 0.353. The zero-order valence-electron chi connectivity index (χ0n) is 15.1. The second-order valence-electron chi connectivity index (χ2n) is 6.48. The van der Waals surface area contributed by atoms with E-state index in [1.54, 1.807) is 7.11 Å². The summed E-state index contributed by atoms with van der Waals surface area (Å²) in [5.41, 5.74) is 2.53. The molecule has 0 saturated heterocycles. The first-order valence-corrected chi connectivity index (χ1v) is 9.03. The molecule has 0 aliphatic carbocycles. The molecule has 0 heterocycles. The van der Waals surface area contributed by atoms with Crippen molar-refractivity contribution in [3.8, 4) is 5.75 Å². The van der Waals surface area contributed by atoms with Crippen LogP contribution in [0.1, 0.15) is 44.4 Å². The maximum absolute atomic E-state index is 6.27. The standard InChI is InChI=1S/C21H28ClNO/c1-16(2)23(14-8-11-18-9-5-6-13-21(18)22)17(3)19-10-7-12-20(15-19)24-4/h5-7,9-10,12-13,15-17H,8,11,14H2,1-4H3. The average molecular weight is 346 g/mol. The molecule has 2 aromatic carbocycles. The second kappa shape index (κ2) is 9.10. The fraction of sp³-hybridized carbons (Fsp3) is 0.429. The van der Waals surface area contributed by atoms with E-state index < -0.39 is 0 Å². The molecule has 2 nitrogen and oxygen atoms in total. The smallest absolute Gasteiger partial charge is 0.119 e. The van der Waals surface area contributed by atoms with Crippen LogP contribution in [-0.2, 0) is 6.42 Å². The molecule has 0 saturated carbocycles. The average Bonchev–Trinajstić information content (AvgIpc) is 2.59. The van der Waals surface area contributed by atoms with E-state index in [4.69, 9.17) is 16.3 Å². The topological polar surface area (TPSA) is 12.5 Å². The lowest BCUT2D eigenvalue weighted by atomic mass is 10.0. The third-order valence-electron chi connectivity index (χ3n) is 4.56. The number of halogens is 1. The highest BCUT2D eigenvalue weighted by molar-refractivity contribution is 6.31. The van der Waals surface area contributed by atoms with E-state index in [0.717, 1.165) is 30.2 Å². The Balaban J connectivity index is 2.02. The summed E-state index contributed by atoms with van der Waals surface area (Å²) < 4.78 is 5.36. The summed E-state index contributed by atoms with van der Waals surface area (Å²) in [6.07, 6.45) is 2.10. The van der Waals surface area contributed by atoms with Gasteiger partial charge in [-0.25, -0.2) is 0 Å². The minimum Gasteiger partial charge on any atom is -0.497 e. The lowest BCUT2D eigenvalue weighted by molar-refractivity contribution is 0.162. The molecule has 1 unspecified atom stereocenters. The number of ether oxygens (including phenoxy) is 1. The second-order valence-corrected chi connectivity index (χ2v) is 6.89. The molecule has 0 amide bonds. The van der Waals surface area contributed by atoms with Crippen LogP contribution in [0.15, 0.2) is 48.5 Å². The van der Waals surface area contributed by atoms with Gasteiger partial charge < -0.3 is 4.74 Å². The lowest BCUT2D eigenvalue weighted by Gasteiger charge is -2.33. The van der Waals surface area contributed by atoms with Gasteiger partial charge in [-0.05, 0) is 69.5 Å². The maximum Gasteiger partial charge on any atom is 0.119 e. The highest BCUT2D eigenvalue weighted by Gasteiger charge is 2.19. The first-order valence-electron chi connectivity index (χ1n) is 8.66. The van der Waals surface area contributed by atoms with E-state index in [-0.39, 0.29) is 0 Å². The quantitative estimate of drug-likeness (QED) is 0.603. The fourth-order valence-corrected chi connectivity index (χ4v) is 3.38. The third kappa shape index (κ3) is 4.99. The highest BCUT2D eigenvalue weighted by Crippen LogP contribution is 2.26. The summed E-state index contributed by atoms with van der Waals surface area (Å²) in [5.74, 6) is 0.916. The maximum atomic E-state index is 6.27. The molecule has 0 fully saturated rings. The molecule has 2 rings (SSSR count). The van der Waals surface area contributed by atoms with Crippen molar-refractivity contribution in [3.63, 3.8) is 0 Å². The molecule has 130 valence electrons. The zero-order valence-corrected chi connectivity index (χ0v) is 15.9. The van der Waals surface area contributed by atoms with E-state index in [2.05, 4.69) is 56.0 Å². The molecule has 3 heteroatoms. The molecule has 1 atom stereocenters.